The first-order valence-electron chi connectivity index (χ1n) is 5.58. The Hall–Kier alpha value is -1.43. The number of carbonyl (C=O) groups is 1. The molecule has 3 rings (SSSR count). The van der Waals surface area contributed by atoms with Crippen LogP contribution in [0.5, 0.6) is 0 Å². The van der Waals surface area contributed by atoms with E-state index < -0.39 is 0 Å². The topological polar surface area (TPSA) is 71.2 Å². The summed E-state index contributed by atoms with van der Waals surface area (Å²) in [6.45, 7) is 1.37. The molecule has 6 nitrogen and oxygen atoms in total. The van der Waals surface area contributed by atoms with Crippen LogP contribution < -0.4 is 0 Å². The molecule has 0 atom stereocenters. The Kier molecular flexibility index (Phi) is 2.17. The van der Waals surface area contributed by atoms with Crippen LogP contribution in [0, 0.1) is 5.92 Å². The standard InChI is InChI=1S/C10H14N4O2/c15-6-8-3-14(12-11-8)9-4-13(5-9)10(16)7-1-2-7/h3,7,9,15H,1-2,4-6H2. The lowest BCUT2D eigenvalue weighted by Crippen LogP contribution is -2.51. The highest BCUT2D eigenvalue weighted by Crippen LogP contribution is 2.34. The molecule has 1 saturated carbocycles. The number of hydrogen-bond donors (Lipinski definition) is 1. The lowest BCUT2D eigenvalue weighted by molar-refractivity contribution is -0.138. The van der Waals surface area contributed by atoms with Crippen molar-refractivity contribution in [2.45, 2.75) is 25.5 Å². The number of rotatable bonds is 3. The van der Waals surface area contributed by atoms with Gasteiger partial charge in [-0.3, -0.25) is 4.79 Å². The first-order valence-corrected chi connectivity index (χ1v) is 5.58. The minimum absolute atomic E-state index is 0.0859. The van der Waals surface area contributed by atoms with E-state index in [9.17, 15) is 4.79 Å². The van der Waals surface area contributed by atoms with Crippen LogP contribution in [0.4, 0.5) is 0 Å². The number of aromatic nitrogens is 3. The Bertz CT molecular complexity index is 407. The van der Waals surface area contributed by atoms with E-state index >= 15 is 0 Å². The van der Waals surface area contributed by atoms with Gasteiger partial charge in [-0.1, -0.05) is 5.21 Å². The molecule has 6 heteroatoms. The van der Waals surface area contributed by atoms with E-state index in [0.29, 0.717) is 17.5 Å². The minimum atomic E-state index is -0.0859. The van der Waals surface area contributed by atoms with Crippen molar-refractivity contribution in [2.75, 3.05) is 13.1 Å². The van der Waals surface area contributed by atoms with Crippen molar-refractivity contribution in [1.29, 1.82) is 0 Å². The third-order valence-corrected chi connectivity index (χ3v) is 3.19. The molecule has 0 spiro atoms. The highest BCUT2D eigenvalue weighted by atomic mass is 16.3. The van der Waals surface area contributed by atoms with Crippen LogP contribution in [-0.2, 0) is 11.4 Å². The number of hydrogen-bond acceptors (Lipinski definition) is 4. The van der Waals surface area contributed by atoms with E-state index in [1.165, 1.54) is 0 Å². The van der Waals surface area contributed by atoms with Crippen LogP contribution in [0.15, 0.2) is 6.20 Å². The highest BCUT2D eigenvalue weighted by molar-refractivity contribution is 5.81. The second kappa shape index (κ2) is 3.55. The quantitative estimate of drug-likeness (QED) is 0.753. The molecule has 1 saturated heterocycles. The molecular formula is C10H14N4O2. The van der Waals surface area contributed by atoms with Crippen molar-refractivity contribution in [3.8, 4) is 0 Å². The van der Waals surface area contributed by atoms with Crippen LogP contribution in [0.2, 0.25) is 0 Å². The Morgan fingerprint density at radius 2 is 2.25 bits per heavy atom. The van der Waals surface area contributed by atoms with Crippen LogP contribution in [0.3, 0.4) is 0 Å². The van der Waals surface area contributed by atoms with Gasteiger partial charge in [0.1, 0.15) is 5.69 Å². The predicted octanol–water partition coefficient (Wildman–Crippen LogP) is -0.436. The number of likely N-dealkylation sites (tertiary alicyclic amines) is 1. The average molecular weight is 222 g/mol. The van der Waals surface area contributed by atoms with Gasteiger partial charge in [-0.25, -0.2) is 4.68 Å². The smallest absolute Gasteiger partial charge is 0.225 e. The number of carbonyl (C=O) groups excluding carboxylic acids is 1. The van der Waals surface area contributed by atoms with Crippen molar-refractivity contribution in [3.63, 3.8) is 0 Å². The van der Waals surface area contributed by atoms with Crippen LogP contribution >= 0.6 is 0 Å². The normalized spacial score (nSPS) is 20.9. The highest BCUT2D eigenvalue weighted by Gasteiger charge is 2.40. The summed E-state index contributed by atoms with van der Waals surface area (Å²) in [5.41, 5.74) is 0.576. The summed E-state index contributed by atoms with van der Waals surface area (Å²) in [6.07, 6.45) is 3.85. The summed E-state index contributed by atoms with van der Waals surface area (Å²) in [7, 11) is 0. The molecule has 0 aromatic carbocycles. The number of aliphatic hydroxyl groups excluding tert-OH is 1. The van der Waals surface area contributed by atoms with Crippen molar-refractivity contribution in [3.05, 3.63) is 11.9 Å². The molecule has 0 bridgehead atoms. The summed E-state index contributed by atoms with van der Waals surface area (Å²) in [4.78, 5) is 13.5. The van der Waals surface area contributed by atoms with Gasteiger partial charge >= 0.3 is 0 Å². The van der Waals surface area contributed by atoms with Gasteiger partial charge in [-0.2, -0.15) is 0 Å². The van der Waals surface area contributed by atoms with E-state index in [1.807, 2.05) is 4.90 Å². The Morgan fingerprint density at radius 3 is 2.81 bits per heavy atom. The van der Waals surface area contributed by atoms with Crippen molar-refractivity contribution < 1.29 is 9.90 Å². The summed E-state index contributed by atoms with van der Waals surface area (Å²) in [6, 6.07) is 0.232. The molecule has 86 valence electrons. The first kappa shape index (κ1) is 9.77. The van der Waals surface area contributed by atoms with Crippen LogP contribution in [0.25, 0.3) is 0 Å². The van der Waals surface area contributed by atoms with E-state index in [4.69, 9.17) is 5.11 Å². The van der Waals surface area contributed by atoms with Gasteiger partial charge in [-0.15, -0.1) is 5.10 Å². The third-order valence-electron chi connectivity index (χ3n) is 3.19. The largest absolute Gasteiger partial charge is 0.390 e. The summed E-state index contributed by atoms with van der Waals surface area (Å²) >= 11 is 0. The molecule has 1 aliphatic carbocycles. The Labute approximate surface area is 92.9 Å². The van der Waals surface area contributed by atoms with Gasteiger partial charge in [0.2, 0.25) is 5.91 Å². The van der Waals surface area contributed by atoms with Gasteiger partial charge in [0.05, 0.1) is 18.8 Å². The second-order valence-electron chi connectivity index (χ2n) is 4.52. The summed E-state index contributed by atoms with van der Waals surface area (Å²) in [5, 5.41) is 16.6. The number of amides is 1. The van der Waals surface area contributed by atoms with Gasteiger partial charge in [0.25, 0.3) is 0 Å². The maximum absolute atomic E-state index is 11.7. The zero-order chi connectivity index (χ0) is 11.1. The maximum atomic E-state index is 11.7. The number of nitrogens with zero attached hydrogens (tertiary/aromatic N) is 4. The fourth-order valence-corrected chi connectivity index (χ4v) is 1.96. The maximum Gasteiger partial charge on any atom is 0.225 e. The first-order chi connectivity index (χ1) is 7.78. The number of aliphatic hydroxyl groups is 1. The van der Waals surface area contributed by atoms with Gasteiger partial charge in [-0.05, 0) is 12.8 Å². The molecule has 0 unspecified atom stereocenters. The molecule has 1 amide bonds. The zero-order valence-corrected chi connectivity index (χ0v) is 8.91. The molecular weight excluding hydrogens is 208 g/mol. The van der Waals surface area contributed by atoms with Gasteiger partial charge in [0.15, 0.2) is 0 Å². The second-order valence-corrected chi connectivity index (χ2v) is 4.52. The lowest BCUT2D eigenvalue weighted by Gasteiger charge is -2.39. The summed E-state index contributed by atoms with van der Waals surface area (Å²) < 4.78 is 1.74. The molecule has 1 N–H and O–H groups in total. The lowest BCUT2D eigenvalue weighted by atomic mass is 10.1. The van der Waals surface area contributed by atoms with Crippen molar-refractivity contribution in [1.82, 2.24) is 19.9 Å². The van der Waals surface area contributed by atoms with Gasteiger partial charge in [0, 0.05) is 19.0 Å². The van der Waals surface area contributed by atoms with E-state index in [2.05, 4.69) is 10.3 Å². The monoisotopic (exact) mass is 222 g/mol. The fraction of sp³-hybridized carbons (Fsp3) is 0.700. The Balaban J connectivity index is 1.57. The van der Waals surface area contributed by atoms with E-state index in [0.717, 1.165) is 25.9 Å². The predicted molar refractivity (Wildman–Crippen MR) is 54.3 cm³/mol. The molecule has 2 heterocycles. The van der Waals surface area contributed by atoms with E-state index in [-0.39, 0.29) is 12.6 Å². The SMILES string of the molecule is O=C(C1CC1)N1CC(n2cc(CO)nn2)C1. The Morgan fingerprint density at radius 1 is 1.50 bits per heavy atom. The van der Waals surface area contributed by atoms with Crippen LogP contribution in [-0.4, -0.2) is 44.0 Å². The molecule has 16 heavy (non-hydrogen) atoms. The molecule has 2 fully saturated rings. The van der Waals surface area contributed by atoms with Crippen molar-refractivity contribution in [2.24, 2.45) is 5.92 Å². The third kappa shape index (κ3) is 1.59. The van der Waals surface area contributed by atoms with Crippen LogP contribution in [0.1, 0.15) is 24.6 Å². The summed E-state index contributed by atoms with van der Waals surface area (Å²) in [5.74, 6) is 0.587. The van der Waals surface area contributed by atoms with E-state index in [1.54, 1.807) is 10.9 Å². The van der Waals surface area contributed by atoms with Gasteiger partial charge < -0.3 is 10.0 Å². The average Bonchev–Trinajstić information content (AvgIpc) is 2.97. The minimum Gasteiger partial charge on any atom is -0.390 e. The molecule has 1 aromatic heterocycles. The fourth-order valence-electron chi connectivity index (χ4n) is 1.96. The zero-order valence-electron chi connectivity index (χ0n) is 8.91. The molecule has 1 aromatic rings. The molecule has 0 radical (unpaired) electrons. The molecule has 1 aliphatic heterocycles. The molecule has 2 aliphatic rings. The van der Waals surface area contributed by atoms with Crippen molar-refractivity contribution >= 4 is 5.91 Å².